The van der Waals surface area contributed by atoms with E-state index in [1.165, 1.54) is 17.3 Å². The van der Waals surface area contributed by atoms with Crippen molar-refractivity contribution in [3.05, 3.63) is 12.7 Å². The number of aromatic nitrogens is 3. The van der Waals surface area contributed by atoms with E-state index in [1.54, 1.807) is 6.92 Å². The number of carbonyl (C=O) groups is 1. The molecule has 76 valence electrons. The summed E-state index contributed by atoms with van der Waals surface area (Å²) < 4.78 is 1.52. The molecule has 14 heavy (non-hydrogen) atoms. The Bertz CT molecular complexity index is 322. The first-order valence-corrected chi connectivity index (χ1v) is 4.58. The summed E-state index contributed by atoms with van der Waals surface area (Å²) in [4.78, 5) is 15.4. The van der Waals surface area contributed by atoms with Gasteiger partial charge in [-0.2, -0.15) is 5.10 Å². The second-order valence-corrected chi connectivity index (χ2v) is 3.57. The standard InChI is InChI=1S/C8H13N5O/c1-5(13-4-10-3-11-13)8(14)12-7-2-6(7)9/h3-7H,2,9H2,1H3,(H,12,14). The Kier molecular flexibility index (Phi) is 2.20. The minimum absolute atomic E-state index is 0.0616. The molecule has 0 radical (unpaired) electrons. The molecular formula is C8H13N5O. The van der Waals surface area contributed by atoms with Gasteiger partial charge in [-0.25, -0.2) is 9.67 Å². The van der Waals surface area contributed by atoms with Crippen LogP contribution >= 0.6 is 0 Å². The van der Waals surface area contributed by atoms with Crippen LogP contribution in [-0.2, 0) is 4.79 Å². The third kappa shape index (κ3) is 1.74. The molecule has 6 nitrogen and oxygen atoms in total. The zero-order valence-electron chi connectivity index (χ0n) is 7.92. The average molecular weight is 195 g/mol. The fraction of sp³-hybridized carbons (Fsp3) is 0.625. The number of hydrogen-bond acceptors (Lipinski definition) is 4. The van der Waals surface area contributed by atoms with E-state index in [-0.39, 0.29) is 24.0 Å². The molecule has 1 aromatic heterocycles. The van der Waals surface area contributed by atoms with Crippen LogP contribution in [0.3, 0.4) is 0 Å². The van der Waals surface area contributed by atoms with Crippen LogP contribution in [0.2, 0.25) is 0 Å². The number of nitrogens with zero attached hydrogens (tertiary/aromatic N) is 3. The Labute approximate surface area is 81.5 Å². The van der Waals surface area contributed by atoms with Crippen molar-refractivity contribution < 1.29 is 4.79 Å². The maximum Gasteiger partial charge on any atom is 0.244 e. The summed E-state index contributed by atoms with van der Waals surface area (Å²) in [5, 5.41) is 6.74. The first-order chi connectivity index (χ1) is 6.68. The average Bonchev–Trinajstić information content (AvgIpc) is 2.72. The lowest BCUT2D eigenvalue weighted by Gasteiger charge is -2.11. The highest BCUT2D eigenvalue weighted by atomic mass is 16.2. The molecule has 0 bridgehead atoms. The largest absolute Gasteiger partial charge is 0.350 e. The van der Waals surface area contributed by atoms with Gasteiger partial charge in [0.15, 0.2) is 0 Å². The molecule has 0 aromatic carbocycles. The van der Waals surface area contributed by atoms with E-state index >= 15 is 0 Å². The summed E-state index contributed by atoms with van der Waals surface area (Å²) in [6, 6.07) is -0.0549. The molecule has 2 rings (SSSR count). The smallest absolute Gasteiger partial charge is 0.244 e. The minimum Gasteiger partial charge on any atom is -0.350 e. The van der Waals surface area contributed by atoms with Gasteiger partial charge >= 0.3 is 0 Å². The summed E-state index contributed by atoms with van der Waals surface area (Å²) in [7, 11) is 0. The second kappa shape index (κ2) is 3.38. The number of nitrogens with two attached hydrogens (primary N) is 1. The molecule has 6 heteroatoms. The highest BCUT2D eigenvalue weighted by molar-refractivity contribution is 5.80. The van der Waals surface area contributed by atoms with Crippen molar-refractivity contribution >= 4 is 5.91 Å². The van der Waals surface area contributed by atoms with Gasteiger partial charge in [0.1, 0.15) is 18.7 Å². The van der Waals surface area contributed by atoms with Crippen LogP contribution in [0.25, 0.3) is 0 Å². The highest BCUT2D eigenvalue weighted by Gasteiger charge is 2.35. The zero-order valence-corrected chi connectivity index (χ0v) is 7.92. The molecule has 1 heterocycles. The lowest BCUT2D eigenvalue weighted by molar-refractivity contribution is -0.124. The van der Waals surface area contributed by atoms with E-state index in [4.69, 9.17) is 5.73 Å². The van der Waals surface area contributed by atoms with Gasteiger partial charge in [-0.3, -0.25) is 4.79 Å². The third-order valence-electron chi connectivity index (χ3n) is 2.38. The van der Waals surface area contributed by atoms with Gasteiger partial charge in [-0.05, 0) is 13.3 Å². The summed E-state index contributed by atoms with van der Waals surface area (Å²) in [6.07, 6.45) is 3.81. The molecule has 0 aliphatic heterocycles. The van der Waals surface area contributed by atoms with Gasteiger partial charge in [0.05, 0.1) is 0 Å². The molecule has 1 aliphatic rings. The molecule has 3 N–H and O–H groups in total. The molecule has 1 amide bonds. The van der Waals surface area contributed by atoms with E-state index in [2.05, 4.69) is 15.4 Å². The SMILES string of the molecule is CC(C(=O)NC1CC1N)n1cncn1. The maximum absolute atomic E-state index is 11.6. The van der Waals surface area contributed by atoms with Crippen LogP contribution in [0.1, 0.15) is 19.4 Å². The topological polar surface area (TPSA) is 85.8 Å². The van der Waals surface area contributed by atoms with Crippen LogP contribution in [0.5, 0.6) is 0 Å². The molecule has 1 saturated carbocycles. The number of nitrogens with one attached hydrogen (secondary N) is 1. The normalized spacial score (nSPS) is 27.0. The van der Waals surface area contributed by atoms with Crippen LogP contribution < -0.4 is 11.1 Å². The van der Waals surface area contributed by atoms with Crippen molar-refractivity contribution in [3.8, 4) is 0 Å². The van der Waals surface area contributed by atoms with E-state index in [9.17, 15) is 4.79 Å². The Morgan fingerprint density at radius 1 is 1.79 bits per heavy atom. The van der Waals surface area contributed by atoms with E-state index in [1.807, 2.05) is 0 Å². The first kappa shape index (κ1) is 9.14. The van der Waals surface area contributed by atoms with E-state index < -0.39 is 0 Å². The Hall–Kier alpha value is -1.43. The summed E-state index contributed by atoms with van der Waals surface area (Å²) in [6.45, 7) is 1.78. The quantitative estimate of drug-likeness (QED) is 0.651. The van der Waals surface area contributed by atoms with Gasteiger partial charge in [0.25, 0.3) is 0 Å². The summed E-state index contributed by atoms with van der Waals surface area (Å²) >= 11 is 0. The third-order valence-corrected chi connectivity index (χ3v) is 2.38. The molecule has 0 saturated heterocycles. The van der Waals surface area contributed by atoms with Gasteiger partial charge in [-0.1, -0.05) is 0 Å². The summed E-state index contributed by atoms with van der Waals surface area (Å²) in [5.41, 5.74) is 5.58. The number of hydrogen-bond donors (Lipinski definition) is 2. The lowest BCUT2D eigenvalue weighted by atomic mass is 10.3. The maximum atomic E-state index is 11.6. The van der Waals surface area contributed by atoms with E-state index in [0.717, 1.165) is 6.42 Å². The van der Waals surface area contributed by atoms with Crippen molar-refractivity contribution in [1.29, 1.82) is 0 Å². The molecule has 3 unspecified atom stereocenters. The van der Waals surface area contributed by atoms with Crippen LogP contribution in [0.4, 0.5) is 0 Å². The number of carbonyl (C=O) groups excluding carboxylic acids is 1. The Morgan fingerprint density at radius 3 is 3.00 bits per heavy atom. The molecule has 1 aliphatic carbocycles. The summed E-state index contributed by atoms with van der Waals surface area (Å²) in [5.74, 6) is -0.0616. The van der Waals surface area contributed by atoms with Crippen molar-refractivity contribution in [1.82, 2.24) is 20.1 Å². The van der Waals surface area contributed by atoms with Crippen molar-refractivity contribution in [3.63, 3.8) is 0 Å². The lowest BCUT2D eigenvalue weighted by Crippen LogP contribution is -2.35. The van der Waals surface area contributed by atoms with Crippen molar-refractivity contribution in [2.24, 2.45) is 5.73 Å². The van der Waals surface area contributed by atoms with Gasteiger partial charge < -0.3 is 11.1 Å². The number of rotatable bonds is 3. The molecular weight excluding hydrogens is 182 g/mol. The van der Waals surface area contributed by atoms with Gasteiger partial charge in [-0.15, -0.1) is 0 Å². The first-order valence-electron chi connectivity index (χ1n) is 4.58. The second-order valence-electron chi connectivity index (χ2n) is 3.57. The highest BCUT2D eigenvalue weighted by Crippen LogP contribution is 2.18. The van der Waals surface area contributed by atoms with Crippen molar-refractivity contribution in [2.45, 2.75) is 31.5 Å². The van der Waals surface area contributed by atoms with Crippen LogP contribution in [-0.4, -0.2) is 32.8 Å². The van der Waals surface area contributed by atoms with E-state index in [0.29, 0.717) is 0 Å². The Morgan fingerprint density at radius 2 is 2.50 bits per heavy atom. The molecule has 0 spiro atoms. The van der Waals surface area contributed by atoms with Crippen molar-refractivity contribution in [2.75, 3.05) is 0 Å². The van der Waals surface area contributed by atoms with Crippen LogP contribution in [0.15, 0.2) is 12.7 Å². The predicted octanol–water partition coefficient (Wildman–Crippen LogP) is -0.945. The predicted molar refractivity (Wildman–Crippen MR) is 49.3 cm³/mol. The van der Waals surface area contributed by atoms with Crippen LogP contribution in [0, 0.1) is 0 Å². The molecule has 1 fully saturated rings. The Balaban J connectivity index is 1.91. The van der Waals surface area contributed by atoms with Gasteiger partial charge in [0, 0.05) is 12.1 Å². The minimum atomic E-state index is -0.328. The number of amides is 1. The monoisotopic (exact) mass is 195 g/mol. The zero-order chi connectivity index (χ0) is 10.1. The molecule has 1 aromatic rings. The fourth-order valence-corrected chi connectivity index (χ4v) is 1.22. The molecule has 3 atom stereocenters. The fourth-order valence-electron chi connectivity index (χ4n) is 1.22. The van der Waals surface area contributed by atoms with Gasteiger partial charge in [0.2, 0.25) is 5.91 Å².